The van der Waals surface area contributed by atoms with Gasteiger partial charge in [0.1, 0.15) is 5.69 Å². The molecule has 6 nitrogen and oxygen atoms in total. The number of nitrogens with one attached hydrogen (secondary N) is 1. The Labute approximate surface area is 133 Å². The molecule has 1 aromatic heterocycles. The summed E-state index contributed by atoms with van der Waals surface area (Å²) in [6.07, 6.45) is 4.16. The normalized spacial score (nSPS) is 30.8. The standard InChI is InChI=1S/C15H19ClN2O4/c1-18-8-10(16)4-12(18)13(19)17-11-2-3-22-15(7-11)5-9(6-15)14(20)21/h4,8-9,11H,2-3,5-7H2,1H3,(H,17,19)(H,20,21). The van der Waals surface area contributed by atoms with Crippen molar-refractivity contribution < 1.29 is 19.4 Å². The molecule has 2 heterocycles. The summed E-state index contributed by atoms with van der Waals surface area (Å²) in [4.78, 5) is 23.3. The van der Waals surface area contributed by atoms with Crippen molar-refractivity contribution >= 4 is 23.5 Å². The second-order valence-corrected chi connectivity index (χ2v) is 6.73. The van der Waals surface area contributed by atoms with Crippen molar-refractivity contribution in [1.29, 1.82) is 0 Å². The lowest BCUT2D eigenvalue weighted by atomic mass is 9.66. The van der Waals surface area contributed by atoms with Crippen LogP contribution in [0.1, 0.15) is 36.2 Å². The van der Waals surface area contributed by atoms with Crippen LogP contribution in [0.15, 0.2) is 12.3 Å². The number of carbonyl (C=O) groups excluding carboxylic acids is 1. The second-order valence-electron chi connectivity index (χ2n) is 6.29. The Bertz CT molecular complexity index is 607. The highest BCUT2D eigenvalue weighted by Crippen LogP contribution is 2.46. The number of hydrogen-bond donors (Lipinski definition) is 2. The molecular formula is C15H19ClN2O4. The number of carboxylic acids is 1. The Hall–Kier alpha value is -1.53. The highest BCUT2D eigenvalue weighted by Gasteiger charge is 2.51. The van der Waals surface area contributed by atoms with Gasteiger partial charge < -0.3 is 19.7 Å². The zero-order chi connectivity index (χ0) is 15.9. The van der Waals surface area contributed by atoms with E-state index in [1.165, 1.54) is 0 Å². The third-order valence-corrected chi connectivity index (χ3v) is 4.83. The van der Waals surface area contributed by atoms with E-state index in [9.17, 15) is 9.59 Å². The number of halogens is 1. The number of rotatable bonds is 3. The van der Waals surface area contributed by atoms with E-state index in [0.29, 0.717) is 36.6 Å². The van der Waals surface area contributed by atoms with E-state index in [1.54, 1.807) is 23.9 Å². The molecule has 3 rings (SSSR count). The number of aliphatic carboxylic acids is 1. The second kappa shape index (κ2) is 5.59. The molecule has 0 aromatic carbocycles. The van der Waals surface area contributed by atoms with Gasteiger partial charge in [-0.25, -0.2) is 0 Å². The summed E-state index contributed by atoms with van der Waals surface area (Å²) in [6.45, 7) is 0.547. The fraction of sp³-hybridized carbons (Fsp3) is 0.600. The summed E-state index contributed by atoms with van der Waals surface area (Å²) < 4.78 is 7.48. The third kappa shape index (κ3) is 2.85. The molecule has 1 aliphatic heterocycles. The lowest BCUT2D eigenvalue weighted by Gasteiger charge is -2.50. The van der Waals surface area contributed by atoms with Crippen molar-refractivity contribution in [1.82, 2.24) is 9.88 Å². The van der Waals surface area contributed by atoms with Crippen molar-refractivity contribution in [2.24, 2.45) is 13.0 Å². The topological polar surface area (TPSA) is 80.6 Å². The quantitative estimate of drug-likeness (QED) is 0.888. The molecule has 2 aliphatic rings. The summed E-state index contributed by atoms with van der Waals surface area (Å²) in [6, 6.07) is 1.64. The molecule has 2 N–H and O–H groups in total. The number of nitrogens with zero attached hydrogens (tertiary/aromatic N) is 1. The van der Waals surface area contributed by atoms with E-state index < -0.39 is 5.97 Å². The van der Waals surface area contributed by atoms with Gasteiger partial charge in [-0.1, -0.05) is 11.6 Å². The first-order valence-corrected chi connectivity index (χ1v) is 7.76. The molecule has 1 aromatic rings. The van der Waals surface area contributed by atoms with Crippen LogP contribution in [0.5, 0.6) is 0 Å². The third-order valence-electron chi connectivity index (χ3n) is 4.62. The van der Waals surface area contributed by atoms with Gasteiger partial charge in [-0.15, -0.1) is 0 Å². The van der Waals surface area contributed by atoms with Crippen molar-refractivity contribution in [3.63, 3.8) is 0 Å². The van der Waals surface area contributed by atoms with E-state index in [0.717, 1.165) is 6.42 Å². The molecule has 0 radical (unpaired) electrons. The van der Waals surface area contributed by atoms with Crippen molar-refractivity contribution in [3.05, 3.63) is 23.0 Å². The Kier molecular flexibility index (Phi) is 3.91. The maximum absolute atomic E-state index is 12.3. The first-order chi connectivity index (χ1) is 10.4. The molecule has 1 saturated carbocycles. The first-order valence-electron chi connectivity index (χ1n) is 7.38. The van der Waals surface area contributed by atoms with E-state index in [4.69, 9.17) is 21.4 Å². The van der Waals surface area contributed by atoms with Crippen LogP contribution >= 0.6 is 11.6 Å². The molecule has 1 unspecified atom stereocenters. The monoisotopic (exact) mass is 326 g/mol. The predicted molar refractivity (Wildman–Crippen MR) is 80.0 cm³/mol. The molecule has 1 atom stereocenters. The van der Waals surface area contributed by atoms with Crippen LogP contribution in [0.2, 0.25) is 5.02 Å². The van der Waals surface area contributed by atoms with Gasteiger partial charge in [-0.2, -0.15) is 0 Å². The van der Waals surface area contributed by atoms with Crippen molar-refractivity contribution in [2.75, 3.05) is 6.61 Å². The van der Waals surface area contributed by atoms with Gasteiger partial charge in [0.25, 0.3) is 5.91 Å². The Balaban J connectivity index is 1.60. The first kappa shape index (κ1) is 15.4. The van der Waals surface area contributed by atoms with E-state index in [1.807, 2.05) is 0 Å². The molecule has 1 amide bonds. The lowest BCUT2D eigenvalue weighted by molar-refractivity contribution is -0.181. The smallest absolute Gasteiger partial charge is 0.306 e. The highest BCUT2D eigenvalue weighted by molar-refractivity contribution is 6.31. The number of ether oxygens (including phenoxy) is 1. The van der Waals surface area contributed by atoms with Crippen LogP contribution in [-0.4, -0.2) is 39.8 Å². The summed E-state index contributed by atoms with van der Waals surface area (Å²) in [5.41, 5.74) is 0.146. The number of aryl methyl sites for hydroxylation is 1. The van der Waals surface area contributed by atoms with Crippen LogP contribution in [0.4, 0.5) is 0 Å². The van der Waals surface area contributed by atoms with Gasteiger partial charge in [-0.05, 0) is 31.7 Å². The maximum Gasteiger partial charge on any atom is 0.306 e. The van der Waals surface area contributed by atoms with Gasteiger partial charge in [-0.3, -0.25) is 9.59 Å². The van der Waals surface area contributed by atoms with Crippen molar-refractivity contribution in [3.8, 4) is 0 Å². The van der Waals surface area contributed by atoms with Crippen LogP contribution in [-0.2, 0) is 16.6 Å². The molecule has 1 aliphatic carbocycles. The molecule has 120 valence electrons. The summed E-state index contributed by atoms with van der Waals surface area (Å²) in [5, 5.41) is 12.5. The number of carbonyl (C=O) groups is 2. The Morgan fingerprint density at radius 1 is 1.45 bits per heavy atom. The van der Waals surface area contributed by atoms with E-state index in [-0.39, 0.29) is 23.5 Å². The fourth-order valence-corrected chi connectivity index (χ4v) is 3.71. The summed E-state index contributed by atoms with van der Waals surface area (Å²) in [7, 11) is 1.77. The predicted octanol–water partition coefficient (Wildman–Crippen LogP) is 1.82. The van der Waals surface area contributed by atoms with Crippen LogP contribution in [0, 0.1) is 5.92 Å². The minimum Gasteiger partial charge on any atom is -0.481 e. The number of amides is 1. The van der Waals surface area contributed by atoms with Crippen LogP contribution < -0.4 is 5.32 Å². The maximum atomic E-state index is 12.3. The van der Waals surface area contributed by atoms with Crippen molar-refractivity contribution in [2.45, 2.75) is 37.3 Å². The minimum absolute atomic E-state index is 0.00432. The number of hydrogen-bond acceptors (Lipinski definition) is 3. The number of aromatic nitrogens is 1. The SMILES string of the molecule is Cn1cc(Cl)cc1C(=O)NC1CCOC2(C1)CC(C(=O)O)C2. The number of carboxylic acid groups (broad SMARTS) is 1. The lowest BCUT2D eigenvalue weighted by Crippen LogP contribution is -2.56. The summed E-state index contributed by atoms with van der Waals surface area (Å²) in [5.74, 6) is -1.24. The Morgan fingerprint density at radius 3 is 2.77 bits per heavy atom. The summed E-state index contributed by atoms with van der Waals surface area (Å²) >= 11 is 5.90. The molecule has 22 heavy (non-hydrogen) atoms. The van der Waals surface area contributed by atoms with Gasteiger partial charge in [0.15, 0.2) is 0 Å². The largest absolute Gasteiger partial charge is 0.481 e. The van der Waals surface area contributed by atoms with Gasteiger partial charge >= 0.3 is 5.97 Å². The minimum atomic E-state index is -0.765. The zero-order valence-corrected chi connectivity index (χ0v) is 13.1. The fourth-order valence-electron chi connectivity index (χ4n) is 3.46. The van der Waals surface area contributed by atoms with E-state index in [2.05, 4.69) is 5.32 Å². The van der Waals surface area contributed by atoms with Crippen LogP contribution in [0.3, 0.4) is 0 Å². The average molecular weight is 327 g/mol. The molecule has 0 bridgehead atoms. The molecule has 2 fully saturated rings. The Morgan fingerprint density at radius 2 is 2.18 bits per heavy atom. The molecule has 1 saturated heterocycles. The van der Waals surface area contributed by atoms with E-state index >= 15 is 0 Å². The molecule has 1 spiro atoms. The van der Waals surface area contributed by atoms with Gasteiger partial charge in [0.2, 0.25) is 0 Å². The van der Waals surface area contributed by atoms with Gasteiger partial charge in [0.05, 0.1) is 16.5 Å². The highest BCUT2D eigenvalue weighted by atomic mass is 35.5. The average Bonchev–Trinajstić information content (AvgIpc) is 2.75. The van der Waals surface area contributed by atoms with Gasteiger partial charge in [0, 0.05) is 25.9 Å². The molecular weight excluding hydrogens is 308 g/mol. The molecule has 7 heteroatoms. The zero-order valence-electron chi connectivity index (χ0n) is 12.3. The van der Waals surface area contributed by atoms with Crippen LogP contribution in [0.25, 0.3) is 0 Å².